The number of carbonyl (C=O) groups is 1. The minimum atomic E-state index is -0.236. The molecular weight excluding hydrogens is 390 g/mol. The van der Waals surface area contributed by atoms with Gasteiger partial charge in [-0.3, -0.25) is 4.79 Å². The second kappa shape index (κ2) is 6.64. The van der Waals surface area contributed by atoms with E-state index in [1.54, 1.807) is 30.3 Å². The van der Waals surface area contributed by atoms with E-state index in [2.05, 4.69) is 10.6 Å². The molecule has 0 radical (unpaired) electrons. The molecule has 1 fully saturated rings. The third-order valence-electron chi connectivity index (χ3n) is 4.04. The van der Waals surface area contributed by atoms with Crippen molar-refractivity contribution in [1.82, 2.24) is 0 Å². The highest BCUT2D eigenvalue weighted by Gasteiger charge is 2.44. The van der Waals surface area contributed by atoms with Crippen LogP contribution in [0.4, 0.5) is 17.1 Å². The van der Waals surface area contributed by atoms with Gasteiger partial charge in [-0.15, -0.1) is 0 Å². The van der Waals surface area contributed by atoms with Crippen LogP contribution in [0.3, 0.4) is 0 Å². The highest BCUT2D eigenvalue weighted by molar-refractivity contribution is 6.48. The Kier molecular flexibility index (Phi) is 4.89. The summed E-state index contributed by atoms with van der Waals surface area (Å²) in [6, 6.07) is 8.60. The van der Waals surface area contributed by atoms with Gasteiger partial charge < -0.3 is 10.6 Å². The summed E-state index contributed by atoms with van der Waals surface area (Å²) in [6.45, 7) is 1.95. The SMILES string of the molecule is CC1(C(=O)Nc2ccc(Nc3cc(Cl)c(Cl)c(Cl)c3)c(Cl)c2)CC1. The molecule has 7 heteroatoms. The van der Waals surface area contributed by atoms with Crippen molar-refractivity contribution in [3.05, 3.63) is 50.4 Å². The van der Waals surface area contributed by atoms with Crippen molar-refractivity contribution in [2.75, 3.05) is 10.6 Å². The van der Waals surface area contributed by atoms with E-state index >= 15 is 0 Å². The van der Waals surface area contributed by atoms with Gasteiger partial charge in [0.25, 0.3) is 0 Å². The summed E-state index contributed by atoms with van der Waals surface area (Å²) in [7, 11) is 0. The third kappa shape index (κ3) is 3.75. The molecule has 0 spiro atoms. The van der Waals surface area contributed by atoms with Crippen LogP contribution in [0.15, 0.2) is 30.3 Å². The van der Waals surface area contributed by atoms with Gasteiger partial charge in [-0.05, 0) is 43.2 Å². The van der Waals surface area contributed by atoms with Gasteiger partial charge in [0.05, 0.1) is 25.8 Å². The molecule has 126 valence electrons. The van der Waals surface area contributed by atoms with Gasteiger partial charge in [0, 0.05) is 16.8 Å². The highest BCUT2D eigenvalue weighted by Crippen LogP contribution is 2.46. The Morgan fingerprint density at radius 1 is 0.958 bits per heavy atom. The van der Waals surface area contributed by atoms with Gasteiger partial charge >= 0.3 is 0 Å². The molecule has 1 saturated carbocycles. The average molecular weight is 404 g/mol. The maximum absolute atomic E-state index is 12.1. The number of rotatable bonds is 4. The average Bonchev–Trinajstić information content (AvgIpc) is 3.27. The molecule has 1 aliphatic rings. The minimum Gasteiger partial charge on any atom is -0.354 e. The monoisotopic (exact) mass is 402 g/mol. The highest BCUT2D eigenvalue weighted by atomic mass is 35.5. The molecule has 1 amide bonds. The zero-order chi connectivity index (χ0) is 17.5. The van der Waals surface area contributed by atoms with Crippen molar-refractivity contribution < 1.29 is 4.79 Å². The van der Waals surface area contributed by atoms with Crippen LogP contribution in [0.1, 0.15) is 19.8 Å². The Labute approximate surface area is 160 Å². The smallest absolute Gasteiger partial charge is 0.230 e. The Morgan fingerprint density at radius 2 is 1.54 bits per heavy atom. The Bertz CT molecular complexity index is 795. The number of hydrogen-bond acceptors (Lipinski definition) is 2. The summed E-state index contributed by atoms with van der Waals surface area (Å²) in [5, 5.41) is 7.50. The molecule has 3 rings (SSSR count). The molecule has 0 heterocycles. The lowest BCUT2D eigenvalue weighted by Gasteiger charge is -2.13. The van der Waals surface area contributed by atoms with Crippen molar-refractivity contribution in [1.29, 1.82) is 0 Å². The first-order chi connectivity index (χ1) is 11.3. The van der Waals surface area contributed by atoms with Crippen LogP contribution >= 0.6 is 46.4 Å². The first kappa shape index (κ1) is 17.7. The number of halogens is 4. The van der Waals surface area contributed by atoms with Gasteiger partial charge in [-0.2, -0.15) is 0 Å². The molecule has 0 aromatic heterocycles. The number of anilines is 3. The molecule has 0 atom stereocenters. The second-order valence-corrected chi connectivity index (χ2v) is 7.69. The number of carbonyl (C=O) groups excluding carboxylic acids is 1. The lowest BCUT2D eigenvalue weighted by Crippen LogP contribution is -2.21. The first-order valence-corrected chi connectivity index (χ1v) is 8.82. The molecule has 0 unspecified atom stereocenters. The maximum atomic E-state index is 12.1. The molecule has 0 bridgehead atoms. The van der Waals surface area contributed by atoms with E-state index in [1.165, 1.54) is 0 Å². The lowest BCUT2D eigenvalue weighted by atomic mass is 10.1. The van der Waals surface area contributed by atoms with Crippen LogP contribution < -0.4 is 10.6 Å². The van der Waals surface area contributed by atoms with Crippen molar-refractivity contribution in [2.45, 2.75) is 19.8 Å². The molecular formula is C17H14Cl4N2O. The largest absolute Gasteiger partial charge is 0.354 e. The molecule has 2 aromatic rings. The van der Waals surface area contributed by atoms with Crippen LogP contribution in [0, 0.1) is 5.41 Å². The van der Waals surface area contributed by atoms with Crippen molar-refractivity contribution in [3.8, 4) is 0 Å². The minimum absolute atomic E-state index is 0.0236. The summed E-state index contributed by atoms with van der Waals surface area (Å²) in [5.74, 6) is 0.0236. The fourth-order valence-electron chi connectivity index (χ4n) is 2.17. The quantitative estimate of drug-likeness (QED) is 0.552. The molecule has 2 N–H and O–H groups in total. The fourth-order valence-corrected chi connectivity index (χ4v) is 3.00. The lowest BCUT2D eigenvalue weighted by molar-refractivity contribution is -0.120. The van der Waals surface area contributed by atoms with E-state index in [9.17, 15) is 4.79 Å². The van der Waals surface area contributed by atoms with Gasteiger partial charge in [0.2, 0.25) is 5.91 Å². The topological polar surface area (TPSA) is 41.1 Å². The first-order valence-electron chi connectivity index (χ1n) is 7.31. The molecule has 24 heavy (non-hydrogen) atoms. The van der Waals surface area contributed by atoms with E-state index in [0.29, 0.717) is 37.2 Å². The number of benzene rings is 2. The van der Waals surface area contributed by atoms with Crippen LogP contribution in [0.2, 0.25) is 20.1 Å². The van der Waals surface area contributed by atoms with Gasteiger partial charge in [0.1, 0.15) is 0 Å². The Hall–Kier alpha value is -1.13. The summed E-state index contributed by atoms with van der Waals surface area (Å²) in [4.78, 5) is 12.1. The van der Waals surface area contributed by atoms with E-state index in [-0.39, 0.29) is 11.3 Å². The zero-order valence-electron chi connectivity index (χ0n) is 12.7. The number of amides is 1. The molecule has 2 aromatic carbocycles. The third-order valence-corrected chi connectivity index (χ3v) is 5.55. The predicted molar refractivity (Wildman–Crippen MR) is 102 cm³/mol. The van der Waals surface area contributed by atoms with Crippen molar-refractivity contribution >= 4 is 69.4 Å². The summed E-state index contributed by atoms with van der Waals surface area (Å²) >= 11 is 24.3. The van der Waals surface area contributed by atoms with E-state index < -0.39 is 0 Å². The van der Waals surface area contributed by atoms with Crippen molar-refractivity contribution in [2.24, 2.45) is 5.41 Å². The van der Waals surface area contributed by atoms with Gasteiger partial charge in [-0.25, -0.2) is 0 Å². The van der Waals surface area contributed by atoms with Crippen molar-refractivity contribution in [3.63, 3.8) is 0 Å². The molecule has 0 aliphatic heterocycles. The number of nitrogens with one attached hydrogen (secondary N) is 2. The van der Waals surface area contributed by atoms with Crippen LogP contribution in [0.5, 0.6) is 0 Å². The number of hydrogen-bond donors (Lipinski definition) is 2. The van der Waals surface area contributed by atoms with Crippen LogP contribution in [0.25, 0.3) is 0 Å². The fraction of sp³-hybridized carbons (Fsp3) is 0.235. The van der Waals surface area contributed by atoms with E-state index in [1.807, 2.05) is 6.92 Å². The second-order valence-electron chi connectivity index (χ2n) is 6.09. The summed E-state index contributed by atoms with van der Waals surface area (Å²) in [6.07, 6.45) is 1.84. The normalized spacial score (nSPS) is 15.0. The Morgan fingerprint density at radius 3 is 2.08 bits per heavy atom. The summed E-state index contributed by atoms with van der Waals surface area (Å²) < 4.78 is 0. The van der Waals surface area contributed by atoms with Crippen LogP contribution in [-0.2, 0) is 4.79 Å². The Balaban J connectivity index is 1.76. The molecule has 3 nitrogen and oxygen atoms in total. The van der Waals surface area contributed by atoms with Gasteiger partial charge in [0.15, 0.2) is 0 Å². The standard InChI is InChI=1S/C17H14Cl4N2O/c1-17(4-5-17)16(24)23-9-2-3-14(11(18)6-9)22-10-7-12(19)15(21)13(20)8-10/h2-3,6-8,22H,4-5H2,1H3,(H,23,24). The van der Waals surface area contributed by atoms with E-state index in [0.717, 1.165) is 12.8 Å². The predicted octanol–water partition coefficient (Wildman–Crippen LogP) is 6.78. The van der Waals surface area contributed by atoms with Gasteiger partial charge in [-0.1, -0.05) is 53.3 Å². The van der Waals surface area contributed by atoms with Crippen LogP contribution in [-0.4, -0.2) is 5.91 Å². The van der Waals surface area contributed by atoms with E-state index in [4.69, 9.17) is 46.4 Å². The zero-order valence-corrected chi connectivity index (χ0v) is 15.7. The molecule has 0 saturated heterocycles. The maximum Gasteiger partial charge on any atom is 0.230 e. The summed E-state index contributed by atoms with van der Waals surface area (Å²) in [5.41, 5.74) is 1.76. The molecule has 1 aliphatic carbocycles.